The first-order valence-corrected chi connectivity index (χ1v) is 6.08. The van der Waals surface area contributed by atoms with Gasteiger partial charge in [0.2, 0.25) is 0 Å². The van der Waals surface area contributed by atoms with Gasteiger partial charge < -0.3 is 15.7 Å². The second-order valence-electron chi connectivity index (χ2n) is 5.61. The van der Waals surface area contributed by atoms with Crippen LogP contribution in [0.2, 0.25) is 0 Å². The van der Waals surface area contributed by atoms with Gasteiger partial charge in [0.1, 0.15) is 0 Å². The van der Waals surface area contributed by atoms with E-state index in [1.54, 1.807) is 0 Å². The fraction of sp³-hybridized carbons (Fsp3) is 1.00. The maximum absolute atomic E-state index is 9.15. The molecule has 1 aliphatic heterocycles. The van der Waals surface area contributed by atoms with Crippen LogP contribution in [-0.2, 0) is 0 Å². The van der Waals surface area contributed by atoms with Crippen LogP contribution >= 0.6 is 0 Å². The van der Waals surface area contributed by atoms with Crippen LogP contribution in [0, 0.1) is 5.92 Å². The third-order valence-electron chi connectivity index (χ3n) is 3.43. The van der Waals surface area contributed by atoms with Gasteiger partial charge in [-0.15, -0.1) is 0 Å². The van der Waals surface area contributed by atoms with E-state index in [2.05, 4.69) is 18.7 Å². The molecule has 0 spiro atoms. The number of likely N-dealkylation sites (tertiary alicyclic amines) is 1. The Hall–Kier alpha value is -0.120. The Morgan fingerprint density at radius 1 is 1.60 bits per heavy atom. The van der Waals surface area contributed by atoms with Crippen molar-refractivity contribution >= 4 is 0 Å². The smallest absolute Gasteiger partial charge is 0.0609 e. The summed E-state index contributed by atoms with van der Waals surface area (Å²) in [4.78, 5) is 2.51. The van der Waals surface area contributed by atoms with E-state index < -0.39 is 5.54 Å². The molecule has 1 saturated heterocycles. The normalized spacial score (nSPS) is 29.8. The quantitative estimate of drug-likeness (QED) is 0.739. The highest BCUT2D eigenvalue weighted by Gasteiger charge is 2.26. The lowest BCUT2D eigenvalue weighted by Gasteiger charge is -2.38. The fourth-order valence-corrected chi connectivity index (χ4v) is 2.49. The molecule has 0 bridgehead atoms. The number of aliphatic hydroxyl groups is 1. The summed E-state index contributed by atoms with van der Waals surface area (Å²) in [5.74, 6) is 0.805. The first-order chi connectivity index (χ1) is 6.94. The van der Waals surface area contributed by atoms with Gasteiger partial charge in [0, 0.05) is 18.1 Å². The largest absolute Gasteiger partial charge is 0.394 e. The monoisotopic (exact) mass is 214 g/mol. The molecule has 15 heavy (non-hydrogen) atoms. The van der Waals surface area contributed by atoms with Crippen LogP contribution in [0.1, 0.15) is 40.0 Å². The summed E-state index contributed by atoms with van der Waals surface area (Å²) in [6, 6.07) is 0.481. The molecule has 1 fully saturated rings. The first kappa shape index (κ1) is 12.9. The van der Waals surface area contributed by atoms with Crippen molar-refractivity contribution in [3.8, 4) is 0 Å². The SMILES string of the molecule is CC1CCCN(C(C)CC(C)(N)CO)C1. The van der Waals surface area contributed by atoms with Crippen LogP contribution in [0.3, 0.4) is 0 Å². The Kier molecular flexibility index (Phi) is 4.56. The first-order valence-electron chi connectivity index (χ1n) is 6.08. The Bertz CT molecular complexity index is 194. The molecule has 0 aliphatic carbocycles. The van der Waals surface area contributed by atoms with Crippen molar-refractivity contribution in [1.29, 1.82) is 0 Å². The van der Waals surface area contributed by atoms with E-state index in [4.69, 9.17) is 10.8 Å². The highest BCUT2D eigenvalue weighted by Crippen LogP contribution is 2.21. The third kappa shape index (κ3) is 4.09. The van der Waals surface area contributed by atoms with Gasteiger partial charge in [0.25, 0.3) is 0 Å². The van der Waals surface area contributed by atoms with Crippen molar-refractivity contribution in [2.45, 2.75) is 51.6 Å². The Balaban J connectivity index is 2.42. The molecule has 90 valence electrons. The molecule has 1 aliphatic rings. The molecule has 0 aromatic carbocycles. The summed E-state index contributed by atoms with van der Waals surface area (Å²) in [7, 11) is 0. The molecule has 1 heterocycles. The lowest BCUT2D eigenvalue weighted by atomic mass is 9.92. The molecule has 1 rings (SSSR count). The Labute approximate surface area is 93.6 Å². The number of hydrogen-bond donors (Lipinski definition) is 2. The summed E-state index contributed by atoms with van der Waals surface area (Å²) in [5, 5.41) is 9.15. The highest BCUT2D eigenvalue weighted by atomic mass is 16.3. The van der Waals surface area contributed by atoms with Gasteiger partial charge in [0.05, 0.1) is 6.61 Å². The summed E-state index contributed by atoms with van der Waals surface area (Å²) in [5.41, 5.74) is 5.55. The van der Waals surface area contributed by atoms with Crippen molar-refractivity contribution in [1.82, 2.24) is 4.90 Å². The van der Waals surface area contributed by atoms with Gasteiger partial charge in [-0.25, -0.2) is 0 Å². The third-order valence-corrected chi connectivity index (χ3v) is 3.43. The van der Waals surface area contributed by atoms with Crippen molar-refractivity contribution < 1.29 is 5.11 Å². The molecule has 0 aromatic heterocycles. The lowest BCUT2D eigenvalue weighted by molar-refractivity contribution is 0.102. The molecular formula is C12H26N2O. The molecule has 0 saturated carbocycles. The van der Waals surface area contributed by atoms with Crippen molar-refractivity contribution in [3.05, 3.63) is 0 Å². The maximum atomic E-state index is 9.15. The van der Waals surface area contributed by atoms with E-state index in [-0.39, 0.29) is 6.61 Å². The van der Waals surface area contributed by atoms with E-state index in [1.165, 1.54) is 25.9 Å². The number of nitrogens with zero attached hydrogens (tertiary/aromatic N) is 1. The lowest BCUT2D eigenvalue weighted by Crippen LogP contribution is -2.49. The maximum Gasteiger partial charge on any atom is 0.0609 e. The van der Waals surface area contributed by atoms with Gasteiger partial charge >= 0.3 is 0 Å². The zero-order valence-corrected chi connectivity index (χ0v) is 10.4. The molecule has 3 unspecified atom stereocenters. The summed E-state index contributed by atoms with van der Waals surface area (Å²) < 4.78 is 0. The second-order valence-corrected chi connectivity index (χ2v) is 5.61. The van der Waals surface area contributed by atoms with E-state index in [1.807, 2.05) is 6.92 Å². The van der Waals surface area contributed by atoms with Crippen LogP contribution in [0.4, 0.5) is 0 Å². The molecule has 3 nitrogen and oxygen atoms in total. The molecule has 3 heteroatoms. The Morgan fingerprint density at radius 2 is 2.27 bits per heavy atom. The fourth-order valence-electron chi connectivity index (χ4n) is 2.49. The van der Waals surface area contributed by atoms with Crippen LogP contribution < -0.4 is 5.73 Å². The summed E-state index contributed by atoms with van der Waals surface area (Å²) >= 11 is 0. The number of rotatable bonds is 4. The van der Waals surface area contributed by atoms with Crippen LogP contribution in [-0.4, -0.2) is 41.3 Å². The van der Waals surface area contributed by atoms with Crippen LogP contribution in [0.25, 0.3) is 0 Å². The van der Waals surface area contributed by atoms with Gasteiger partial charge in [-0.1, -0.05) is 6.92 Å². The molecule has 3 atom stereocenters. The van der Waals surface area contributed by atoms with Gasteiger partial charge in [-0.05, 0) is 45.6 Å². The van der Waals surface area contributed by atoms with Crippen LogP contribution in [0.5, 0.6) is 0 Å². The van der Waals surface area contributed by atoms with E-state index in [0.717, 1.165) is 12.3 Å². The summed E-state index contributed by atoms with van der Waals surface area (Å²) in [6.45, 7) is 8.90. The van der Waals surface area contributed by atoms with E-state index >= 15 is 0 Å². The molecule has 0 amide bonds. The minimum Gasteiger partial charge on any atom is -0.394 e. The van der Waals surface area contributed by atoms with E-state index in [0.29, 0.717) is 6.04 Å². The average Bonchev–Trinajstić information content (AvgIpc) is 2.17. The number of aliphatic hydroxyl groups excluding tert-OH is 1. The molecule has 0 aromatic rings. The van der Waals surface area contributed by atoms with Crippen LogP contribution in [0.15, 0.2) is 0 Å². The van der Waals surface area contributed by atoms with Crippen molar-refractivity contribution in [2.75, 3.05) is 19.7 Å². The molecule has 3 N–H and O–H groups in total. The van der Waals surface area contributed by atoms with Gasteiger partial charge in [-0.3, -0.25) is 0 Å². The summed E-state index contributed by atoms with van der Waals surface area (Å²) in [6.07, 6.45) is 3.52. The second kappa shape index (κ2) is 5.28. The zero-order valence-electron chi connectivity index (χ0n) is 10.4. The number of piperidine rings is 1. The minimum atomic E-state index is -0.430. The number of nitrogens with two attached hydrogens (primary N) is 1. The highest BCUT2D eigenvalue weighted by molar-refractivity contribution is 4.85. The standard InChI is InChI=1S/C12H26N2O/c1-10-5-4-6-14(8-10)11(2)7-12(3,13)9-15/h10-11,15H,4-9,13H2,1-3H3. The minimum absolute atomic E-state index is 0.0702. The van der Waals surface area contributed by atoms with Crippen molar-refractivity contribution in [3.63, 3.8) is 0 Å². The van der Waals surface area contributed by atoms with Gasteiger partial charge in [0.15, 0.2) is 0 Å². The predicted molar refractivity (Wildman–Crippen MR) is 63.7 cm³/mol. The van der Waals surface area contributed by atoms with Crippen molar-refractivity contribution in [2.24, 2.45) is 11.7 Å². The van der Waals surface area contributed by atoms with E-state index in [9.17, 15) is 0 Å². The zero-order chi connectivity index (χ0) is 11.5. The predicted octanol–water partition coefficient (Wildman–Crippen LogP) is 1.21. The molecular weight excluding hydrogens is 188 g/mol. The topological polar surface area (TPSA) is 49.5 Å². The van der Waals surface area contributed by atoms with Gasteiger partial charge in [-0.2, -0.15) is 0 Å². The molecule has 0 radical (unpaired) electrons. The average molecular weight is 214 g/mol. The number of hydrogen-bond acceptors (Lipinski definition) is 3. The Morgan fingerprint density at radius 3 is 2.80 bits per heavy atom.